The maximum absolute atomic E-state index is 12.7. The number of carbonyl (C=O) groups excluding carboxylic acids is 1. The van der Waals surface area contributed by atoms with E-state index in [9.17, 15) is 4.79 Å². The molecule has 3 aromatic rings. The zero-order valence-electron chi connectivity index (χ0n) is 13.9. The number of benzene rings is 3. The van der Waals surface area contributed by atoms with E-state index < -0.39 is 0 Å². The summed E-state index contributed by atoms with van der Waals surface area (Å²) in [5, 5.41) is 0. The van der Waals surface area contributed by atoms with Gasteiger partial charge in [0.25, 0.3) is 0 Å². The highest BCUT2D eigenvalue weighted by Crippen LogP contribution is 2.34. The first-order chi connectivity index (χ1) is 12.3. The normalized spacial score (nSPS) is 11.2. The zero-order chi connectivity index (χ0) is 17.5. The third-order valence-corrected chi connectivity index (χ3v) is 4.75. The van der Waals surface area contributed by atoms with E-state index in [1.165, 1.54) is 0 Å². The van der Waals surface area contributed by atoms with Gasteiger partial charge in [0.15, 0.2) is 5.78 Å². The van der Waals surface area contributed by atoms with Crippen molar-refractivity contribution in [2.24, 2.45) is 0 Å². The number of ketones is 1. The van der Waals surface area contributed by atoms with Crippen LogP contribution in [0.4, 0.5) is 0 Å². The number of rotatable bonds is 6. The third kappa shape index (κ3) is 4.61. The summed E-state index contributed by atoms with van der Waals surface area (Å²) in [7, 11) is 1.61. The van der Waals surface area contributed by atoms with E-state index in [-0.39, 0.29) is 5.78 Å². The Morgan fingerprint density at radius 3 is 2.00 bits per heavy atom. The maximum atomic E-state index is 12.7. The van der Waals surface area contributed by atoms with E-state index in [1.54, 1.807) is 49.2 Å². The van der Waals surface area contributed by atoms with Crippen molar-refractivity contribution in [2.45, 2.75) is 4.90 Å². The van der Waals surface area contributed by atoms with E-state index in [0.29, 0.717) is 5.56 Å². The molecule has 2 nitrogen and oxygen atoms in total. The standard InChI is InChI=1S/C22H18O2S/c1-24-19-14-12-17(13-15-19)21(23)16-22(18-8-4-2-5-9-18)25-20-10-6-3-7-11-20/h2-16H,1H3/b22-16+. The number of hydrogen-bond donors (Lipinski definition) is 0. The molecule has 3 heteroatoms. The Bertz CT molecular complexity index is 854. The number of ether oxygens (including phenoxy) is 1. The molecule has 0 heterocycles. The van der Waals surface area contributed by atoms with Gasteiger partial charge in [-0.25, -0.2) is 0 Å². The maximum Gasteiger partial charge on any atom is 0.186 e. The molecule has 0 saturated carbocycles. The van der Waals surface area contributed by atoms with Crippen LogP contribution in [0.25, 0.3) is 4.91 Å². The molecule has 0 aliphatic heterocycles. The average Bonchev–Trinajstić information content (AvgIpc) is 2.69. The first kappa shape index (κ1) is 17.1. The molecule has 0 saturated heterocycles. The minimum atomic E-state index is -0.0232. The molecule has 0 fully saturated rings. The Labute approximate surface area is 152 Å². The molecule has 0 unspecified atom stereocenters. The van der Waals surface area contributed by atoms with Gasteiger partial charge in [0, 0.05) is 21.4 Å². The van der Waals surface area contributed by atoms with Crippen molar-refractivity contribution in [3.8, 4) is 5.75 Å². The molecule has 3 aromatic carbocycles. The number of methoxy groups -OCH3 is 1. The van der Waals surface area contributed by atoms with E-state index in [4.69, 9.17) is 4.74 Å². The van der Waals surface area contributed by atoms with Crippen LogP contribution in [0.2, 0.25) is 0 Å². The summed E-state index contributed by atoms with van der Waals surface area (Å²) in [6, 6.07) is 27.2. The Hall–Kier alpha value is -2.78. The lowest BCUT2D eigenvalue weighted by molar-refractivity contribution is 0.104. The van der Waals surface area contributed by atoms with E-state index in [2.05, 4.69) is 0 Å². The number of allylic oxidation sites excluding steroid dienone is 1. The van der Waals surface area contributed by atoms with Crippen molar-refractivity contribution in [3.05, 3.63) is 102 Å². The van der Waals surface area contributed by atoms with Crippen molar-refractivity contribution in [1.29, 1.82) is 0 Å². The summed E-state index contributed by atoms with van der Waals surface area (Å²) in [6.07, 6.45) is 1.70. The van der Waals surface area contributed by atoms with Crippen molar-refractivity contribution >= 4 is 22.5 Å². The summed E-state index contributed by atoms with van der Waals surface area (Å²) in [4.78, 5) is 14.7. The van der Waals surface area contributed by atoms with Gasteiger partial charge in [-0.15, -0.1) is 0 Å². The number of hydrogen-bond acceptors (Lipinski definition) is 3. The number of thioether (sulfide) groups is 1. The van der Waals surface area contributed by atoms with Crippen LogP contribution >= 0.6 is 11.8 Å². The molecule has 0 N–H and O–H groups in total. The summed E-state index contributed by atoms with van der Waals surface area (Å²) in [5.74, 6) is 0.715. The van der Waals surface area contributed by atoms with Crippen LogP contribution in [0.1, 0.15) is 15.9 Å². The van der Waals surface area contributed by atoms with Gasteiger partial charge in [-0.3, -0.25) is 4.79 Å². The molecule has 0 amide bonds. The van der Waals surface area contributed by atoms with Gasteiger partial charge in [-0.05, 0) is 42.0 Å². The molecule has 0 spiro atoms. The van der Waals surface area contributed by atoms with Gasteiger partial charge in [0.05, 0.1) is 7.11 Å². The molecule has 0 bridgehead atoms. The molecule has 25 heavy (non-hydrogen) atoms. The lowest BCUT2D eigenvalue weighted by Crippen LogP contribution is -1.96. The highest BCUT2D eigenvalue weighted by atomic mass is 32.2. The first-order valence-electron chi connectivity index (χ1n) is 7.94. The van der Waals surface area contributed by atoms with Crippen LogP contribution in [0.3, 0.4) is 0 Å². The van der Waals surface area contributed by atoms with Gasteiger partial charge in [-0.2, -0.15) is 0 Å². The summed E-state index contributed by atoms with van der Waals surface area (Å²) < 4.78 is 5.15. The van der Waals surface area contributed by atoms with Crippen molar-refractivity contribution in [2.75, 3.05) is 7.11 Å². The van der Waals surface area contributed by atoms with Gasteiger partial charge < -0.3 is 4.74 Å². The second-order valence-electron chi connectivity index (χ2n) is 5.38. The predicted octanol–water partition coefficient (Wildman–Crippen LogP) is 5.71. The van der Waals surface area contributed by atoms with Gasteiger partial charge >= 0.3 is 0 Å². The summed E-state index contributed by atoms with van der Waals surface area (Å²) >= 11 is 1.59. The fourth-order valence-electron chi connectivity index (χ4n) is 2.35. The highest BCUT2D eigenvalue weighted by Gasteiger charge is 2.09. The molecule has 0 aliphatic carbocycles. The van der Waals surface area contributed by atoms with Crippen LogP contribution in [0, 0.1) is 0 Å². The predicted molar refractivity (Wildman–Crippen MR) is 104 cm³/mol. The molecule has 0 aromatic heterocycles. The van der Waals surface area contributed by atoms with Crippen molar-refractivity contribution < 1.29 is 9.53 Å². The Balaban J connectivity index is 1.92. The Morgan fingerprint density at radius 1 is 0.800 bits per heavy atom. The lowest BCUT2D eigenvalue weighted by Gasteiger charge is -2.08. The minimum Gasteiger partial charge on any atom is -0.497 e. The smallest absolute Gasteiger partial charge is 0.186 e. The second-order valence-corrected chi connectivity index (χ2v) is 6.50. The molecule has 124 valence electrons. The second kappa shape index (κ2) is 8.36. The molecule has 3 rings (SSSR count). The molecule has 0 atom stereocenters. The molecular formula is C22H18O2S. The van der Waals surface area contributed by atoms with Gasteiger partial charge in [0.1, 0.15) is 5.75 Å². The van der Waals surface area contributed by atoms with Gasteiger partial charge in [-0.1, -0.05) is 60.3 Å². The van der Waals surface area contributed by atoms with Crippen LogP contribution in [-0.4, -0.2) is 12.9 Å². The molecule has 0 aliphatic rings. The summed E-state index contributed by atoms with van der Waals surface area (Å²) in [5.41, 5.74) is 1.67. The van der Waals surface area contributed by atoms with Crippen LogP contribution in [0.5, 0.6) is 5.75 Å². The van der Waals surface area contributed by atoms with Crippen LogP contribution < -0.4 is 4.74 Å². The molecule has 0 radical (unpaired) electrons. The largest absolute Gasteiger partial charge is 0.497 e. The highest BCUT2D eigenvalue weighted by molar-refractivity contribution is 8.08. The van der Waals surface area contributed by atoms with E-state index in [1.807, 2.05) is 60.7 Å². The fraction of sp³-hybridized carbons (Fsp3) is 0.0455. The van der Waals surface area contributed by atoms with E-state index in [0.717, 1.165) is 21.1 Å². The van der Waals surface area contributed by atoms with Crippen LogP contribution in [0.15, 0.2) is 95.9 Å². The van der Waals surface area contributed by atoms with Crippen molar-refractivity contribution in [1.82, 2.24) is 0 Å². The quantitative estimate of drug-likeness (QED) is 0.325. The first-order valence-corrected chi connectivity index (χ1v) is 8.76. The van der Waals surface area contributed by atoms with E-state index >= 15 is 0 Å². The van der Waals surface area contributed by atoms with Crippen molar-refractivity contribution in [3.63, 3.8) is 0 Å². The third-order valence-electron chi connectivity index (χ3n) is 3.67. The molecular weight excluding hydrogens is 328 g/mol. The lowest BCUT2D eigenvalue weighted by atomic mass is 10.1. The van der Waals surface area contributed by atoms with Gasteiger partial charge in [0.2, 0.25) is 0 Å². The zero-order valence-corrected chi connectivity index (χ0v) is 14.7. The topological polar surface area (TPSA) is 26.3 Å². The Kier molecular flexibility index (Phi) is 5.70. The fourth-order valence-corrected chi connectivity index (χ4v) is 3.31. The monoisotopic (exact) mass is 346 g/mol. The van der Waals surface area contributed by atoms with Crippen LogP contribution in [-0.2, 0) is 0 Å². The minimum absolute atomic E-state index is 0.0232. The number of carbonyl (C=O) groups is 1. The average molecular weight is 346 g/mol. The Morgan fingerprint density at radius 2 is 1.40 bits per heavy atom. The summed E-state index contributed by atoms with van der Waals surface area (Å²) in [6.45, 7) is 0. The SMILES string of the molecule is COc1ccc(C(=O)/C=C(/Sc2ccccc2)c2ccccc2)cc1.